The fourth-order valence-corrected chi connectivity index (χ4v) is 6.32. The van der Waals surface area contributed by atoms with E-state index in [-0.39, 0.29) is 11.8 Å². The van der Waals surface area contributed by atoms with Crippen molar-refractivity contribution in [2.75, 3.05) is 7.05 Å². The number of carbonyl (C=O) groups excluding carboxylic acids is 2. The molecule has 0 N–H and O–H groups in total. The Morgan fingerprint density at radius 2 is 1.12 bits per heavy atom. The standard InChI is InChI=1S/C21H31NO2/c1-10(2)12-6-14-15-7-13(11(3)4)9-17(15)19-18(16(14)8-12)20(23)22(5)21(19)24/h10-17H,6-9H2,1-5H3. The van der Waals surface area contributed by atoms with Gasteiger partial charge < -0.3 is 0 Å². The van der Waals surface area contributed by atoms with Crippen LogP contribution in [0.3, 0.4) is 0 Å². The third kappa shape index (κ3) is 2.09. The molecule has 0 radical (unpaired) electrons. The summed E-state index contributed by atoms with van der Waals surface area (Å²) in [5.74, 6) is 4.75. The first-order valence-corrected chi connectivity index (χ1v) is 9.87. The van der Waals surface area contributed by atoms with Crippen LogP contribution in [0.2, 0.25) is 0 Å². The van der Waals surface area contributed by atoms with E-state index >= 15 is 0 Å². The molecule has 0 aromatic heterocycles. The largest absolute Gasteiger partial charge is 0.278 e. The number of rotatable bonds is 2. The first-order chi connectivity index (χ1) is 11.3. The van der Waals surface area contributed by atoms with Crippen LogP contribution >= 0.6 is 0 Å². The molecule has 0 aromatic carbocycles. The Kier molecular flexibility index (Phi) is 3.71. The van der Waals surface area contributed by atoms with E-state index in [4.69, 9.17) is 0 Å². The summed E-state index contributed by atoms with van der Waals surface area (Å²) in [5.41, 5.74) is 1.86. The SMILES string of the molecule is CC(C)C1CC2C3=C(C(=O)N(C)C3=O)C3CC(C(C)C)CC3C2C1. The van der Waals surface area contributed by atoms with Gasteiger partial charge in [0.25, 0.3) is 11.8 Å². The normalized spacial score (nSPS) is 41.5. The van der Waals surface area contributed by atoms with E-state index in [0.29, 0.717) is 47.3 Å². The molecule has 1 aliphatic heterocycles. The molecule has 3 nitrogen and oxygen atoms in total. The summed E-state index contributed by atoms with van der Waals surface area (Å²) in [4.78, 5) is 27.0. The van der Waals surface area contributed by atoms with Gasteiger partial charge in [-0.05, 0) is 73.0 Å². The van der Waals surface area contributed by atoms with Crippen LogP contribution in [0.15, 0.2) is 11.1 Å². The Hall–Kier alpha value is -1.12. The second kappa shape index (κ2) is 5.44. The van der Waals surface area contributed by atoms with Crippen molar-refractivity contribution in [2.45, 2.75) is 53.4 Å². The second-order valence-corrected chi connectivity index (χ2v) is 9.49. The van der Waals surface area contributed by atoms with Gasteiger partial charge in [0.2, 0.25) is 0 Å². The summed E-state index contributed by atoms with van der Waals surface area (Å²) in [6.45, 7) is 9.25. The van der Waals surface area contributed by atoms with Crippen LogP contribution in [0.1, 0.15) is 53.4 Å². The summed E-state index contributed by atoms with van der Waals surface area (Å²) >= 11 is 0. The highest BCUT2D eigenvalue weighted by Gasteiger charge is 2.58. The van der Waals surface area contributed by atoms with Crippen molar-refractivity contribution in [1.29, 1.82) is 0 Å². The van der Waals surface area contributed by atoms with Crippen molar-refractivity contribution in [3.8, 4) is 0 Å². The number of fused-ring (bicyclic) bond motifs is 5. The number of nitrogens with zero attached hydrogens (tertiary/aromatic N) is 1. The average molecular weight is 329 g/mol. The quantitative estimate of drug-likeness (QED) is 0.721. The number of imide groups is 1. The summed E-state index contributed by atoms with van der Waals surface area (Å²) < 4.78 is 0. The Balaban J connectivity index is 1.77. The highest BCUT2D eigenvalue weighted by Crippen LogP contribution is 2.61. The van der Waals surface area contributed by atoms with Crippen LogP contribution in [-0.4, -0.2) is 23.8 Å². The first-order valence-electron chi connectivity index (χ1n) is 9.87. The van der Waals surface area contributed by atoms with Gasteiger partial charge in [0.1, 0.15) is 0 Å². The molecule has 3 aliphatic carbocycles. The lowest BCUT2D eigenvalue weighted by atomic mass is 9.67. The fourth-order valence-electron chi connectivity index (χ4n) is 6.32. The zero-order valence-electron chi connectivity index (χ0n) is 15.7. The molecule has 6 atom stereocenters. The Morgan fingerprint density at radius 3 is 1.46 bits per heavy atom. The summed E-state index contributed by atoms with van der Waals surface area (Å²) in [7, 11) is 1.68. The van der Waals surface area contributed by atoms with Crippen molar-refractivity contribution in [2.24, 2.45) is 47.3 Å². The maximum Gasteiger partial charge on any atom is 0.257 e. The molecule has 2 fully saturated rings. The summed E-state index contributed by atoms with van der Waals surface area (Å²) in [5, 5.41) is 0. The third-order valence-electron chi connectivity index (χ3n) is 7.83. The minimum absolute atomic E-state index is 0.0147. The maximum atomic E-state index is 12.8. The van der Waals surface area contributed by atoms with E-state index in [1.165, 1.54) is 17.7 Å². The van der Waals surface area contributed by atoms with Gasteiger partial charge in [0.15, 0.2) is 0 Å². The minimum Gasteiger partial charge on any atom is -0.278 e. The van der Waals surface area contributed by atoms with Crippen molar-refractivity contribution in [3.05, 3.63) is 11.1 Å². The molecule has 24 heavy (non-hydrogen) atoms. The van der Waals surface area contributed by atoms with E-state index < -0.39 is 0 Å². The van der Waals surface area contributed by atoms with E-state index in [9.17, 15) is 9.59 Å². The topological polar surface area (TPSA) is 37.4 Å². The van der Waals surface area contributed by atoms with E-state index in [1.807, 2.05) is 0 Å². The van der Waals surface area contributed by atoms with Gasteiger partial charge in [0, 0.05) is 18.2 Å². The molecular formula is C21H31NO2. The molecule has 0 aromatic rings. The molecular weight excluding hydrogens is 298 g/mol. The predicted octanol–water partition coefficient (Wildman–Crippen LogP) is 3.89. The van der Waals surface area contributed by atoms with Crippen LogP contribution in [0.5, 0.6) is 0 Å². The number of hydrogen-bond acceptors (Lipinski definition) is 2. The highest BCUT2D eigenvalue weighted by atomic mass is 16.2. The van der Waals surface area contributed by atoms with Crippen molar-refractivity contribution < 1.29 is 9.59 Å². The minimum atomic E-state index is 0.0147. The van der Waals surface area contributed by atoms with E-state index in [0.717, 1.165) is 24.0 Å². The summed E-state index contributed by atoms with van der Waals surface area (Å²) in [6, 6.07) is 0. The van der Waals surface area contributed by atoms with Gasteiger partial charge in [-0.1, -0.05) is 27.7 Å². The van der Waals surface area contributed by atoms with E-state index in [1.54, 1.807) is 7.05 Å². The van der Waals surface area contributed by atoms with E-state index in [2.05, 4.69) is 27.7 Å². The zero-order chi connectivity index (χ0) is 17.3. The van der Waals surface area contributed by atoms with Crippen LogP contribution < -0.4 is 0 Å². The predicted molar refractivity (Wildman–Crippen MR) is 93.9 cm³/mol. The van der Waals surface area contributed by atoms with Crippen LogP contribution in [-0.2, 0) is 9.59 Å². The van der Waals surface area contributed by atoms with Gasteiger partial charge >= 0.3 is 0 Å². The number of likely N-dealkylation sites (N-methyl/N-ethyl adjacent to an activating group) is 1. The van der Waals surface area contributed by atoms with Crippen LogP contribution in [0.4, 0.5) is 0 Å². The molecule has 6 unspecified atom stereocenters. The molecule has 3 heteroatoms. The lowest BCUT2D eigenvalue weighted by Crippen LogP contribution is -2.32. The lowest BCUT2D eigenvalue weighted by Gasteiger charge is -2.36. The molecule has 0 spiro atoms. The molecule has 4 aliphatic rings. The second-order valence-electron chi connectivity index (χ2n) is 9.49. The number of amides is 2. The highest BCUT2D eigenvalue weighted by molar-refractivity contribution is 6.19. The maximum absolute atomic E-state index is 12.8. The Bertz CT molecular complexity index is 565. The zero-order valence-corrected chi connectivity index (χ0v) is 15.7. The third-order valence-corrected chi connectivity index (χ3v) is 7.83. The molecule has 0 saturated heterocycles. The van der Waals surface area contributed by atoms with Crippen molar-refractivity contribution in [3.63, 3.8) is 0 Å². The molecule has 1 heterocycles. The van der Waals surface area contributed by atoms with Crippen LogP contribution in [0.25, 0.3) is 0 Å². The molecule has 2 saturated carbocycles. The van der Waals surface area contributed by atoms with Crippen LogP contribution in [0, 0.1) is 47.3 Å². The molecule has 2 amide bonds. The summed E-state index contributed by atoms with van der Waals surface area (Å²) in [6.07, 6.45) is 4.75. The smallest absolute Gasteiger partial charge is 0.257 e. The van der Waals surface area contributed by atoms with Gasteiger partial charge in [-0.3, -0.25) is 14.5 Å². The average Bonchev–Trinajstić information content (AvgIpc) is 3.18. The van der Waals surface area contributed by atoms with Crippen molar-refractivity contribution >= 4 is 11.8 Å². The Labute approximate surface area is 145 Å². The number of hydrogen-bond donors (Lipinski definition) is 0. The molecule has 0 bridgehead atoms. The van der Waals surface area contributed by atoms with Gasteiger partial charge in [-0.2, -0.15) is 0 Å². The monoisotopic (exact) mass is 329 g/mol. The van der Waals surface area contributed by atoms with Gasteiger partial charge in [-0.25, -0.2) is 0 Å². The first kappa shape index (κ1) is 16.4. The van der Waals surface area contributed by atoms with Gasteiger partial charge in [-0.15, -0.1) is 0 Å². The molecule has 4 rings (SSSR count). The lowest BCUT2D eigenvalue weighted by molar-refractivity contribution is -0.136. The Morgan fingerprint density at radius 1 is 0.750 bits per heavy atom. The van der Waals surface area contributed by atoms with Crippen molar-refractivity contribution in [1.82, 2.24) is 4.90 Å². The molecule has 132 valence electrons. The number of carbonyl (C=O) groups is 2. The fraction of sp³-hybridized carbons (Fsp3) is 0.810. The van der Waals surface area contributed by atoms with Gasteiger partial charge in [0.05, 0.1) is 0 Å².